The molecule has 0 heterocycles. The zero-order chi connectivity index (χ0) is 22.1. The van der Waals surface area contributed by atoms with Crippen molar-refractivity contribution in [3.05, 3.63) is 0 Å². The average molecular weight is 437 g/mol. The summed E-state index contributed by atoms with van der Waals surface area (Å²) in [5, 5.41) is 0. The smallest absolute Gasteiger partial charge is 0.146 e. The highest BCUT2D eigenvalue weighted by atomic mass is 16.7. The second-order valence-corrected chi connectivity index (χ2v) is 11.7. The van der Waals surface area contributed by atoms with Crippen LogP contribution in [0.3, 0.4) is 0 Å². The lowest BCUT2D eigenvalue weighted by Crippen LogP contribution is -2.58. The normalized spacial score (nSPS) is 46.9. The highest BCUT2D eigenvalue weighted by molar-refractivity contribution is 5.11. The maximum atomic E-state index is 6.22. The van der Waals surface area contributed by atoms with Crippen LogP contribution in [0.2, 0.25) is 0 Å². The number of rotatable bonds is 9. The topological polar surface area (TPSA) is 36.9 Å². The van der Waals surface area contributed by atoms with Gasteiger partial charge in [-0.1, -0.05) is 27.2 Å². The molecule has 0 aromatic rings. The maximum Gasteiger partial charge on any atom is 0.146 e. The van der Waals surface area contributed by atoms with E-state index in [4.69, 9.17) is 18.9 Å². The highest BCUT2D eigenvalue weighted by Gasteiger charge is 2.62. The summed E-state index contributed by atoms with van der Waals surface area (Å²) in [6.07, 6.45) is 13.5. The minimum Gasteiger partial charge on any atom is -0.381 e. The van der Waals surface area contributed by atoms with Gasteiger partial charge in [-0.15, -0.1) is 0 Å². The molecular weight excluding hydrogens is 388 g/mol. The van der Waals surface area contributed by atoms with Gasteiger partial charge in [-0.2, -0.15) is 0 Å². The van der Waals surface area contributed by atoms with Gasteiger partial charge in [0.25, 0.3) is 0 Å². The number of unbranched alkanes of at least 4 members (excludes halogenated alkanes) is 1. The van der Waals surface area contributed by atoms with E-state index in [1.165, 1.54) is 57.8 Å². The molecule has 4 fully saturated rings. The van der Waals surface area contributed by atoms with Crippen molar-refractivity contribution in [1.29, 1.82) is 0 Å². The summed E-state index contributed by atoms with van der Waals surface area (Å²) in [5.74, 6) is 3.89. The molecule has 0 bridgehead atoms. The number of ether oxygens (including phenoxy) is 4. The molecule has 4 aliphatic rings. The van der Waals surface area contributed by atoms with Crippen LogP contribution in [-0.2, 0) is 18.9 Å². The van der Waals surface area contributed by atoms with Crippen LogP contribution in [-0.4, -0.2) is 46.4 Å². The molecule has 4 saturated carbocycles. The van der Waals surface area contributed by atoms with Gasteiger partial charge in [0.15, 0.2) is 0 Å². The summed E-state index contributed by atoms with van der Waals surface area (Å²) in [6, 6.07) is 0. The third-order valence-corrected chi connectivity index (χ3v) is 10.5. The Morgan fingerprint density at radius 3 is 2.39 bits per heavy atom. The van der Waals surface area contributed by atoms with Gasteiger partial charge >= 0.3 is 0 Å². The van der Waals surface area contributed by atoms with Gasteiger partial charge in [-0.05, 0) is 98.2 Å². The van der Waals surface area contributed by atoms with Crippen molar-refractivity contribution >= 4 is 0 Å². The zero-order valence-electron chi connectivity index (χ0n) is 20.9. The van der Waals surface area contributed by atoms with E-state index in [-0.39, 0.29) is 0 Å². The fraction of sp³-hybridized carbons (Fsp3) is 1.00. The molecule has 3 unspecified atom stereocenters. The van der Waals surface area contributed by atoms with Gasteiger partial charge < -0.3 is 18.9 Å². The number of hydrogen-bond acceptors (Lipinski definition) is 4. The molecule has 31 heavy (non-hydrogen) atoms. The fourth-order valence-corrected chi connectivity index (χ4v) is 8.66. The van der Waals surface area contributed by atoms with Crippen molar-refractivity contribution in [1.82, 2.24) is 0 Å². The van der Waals surface area contributed by atoms with Crippen LogP contribution in [0.15, 0.2) is 0 Å². The standard InChI is InChI=1S/C27H48O4/c1-6-7-14-30-17-19-8-9-22-21-16-25(29-5)24-15-20(31-18-28-4)10-12-27(24,3)23(21)11-13-26(19,22)2/h19-25H,6-18H2,1-5H3/t19-,20+,21+,22?,23?,24?,25-,26-,27-/m1/s1. The molecule has 0 saturated heterocycles. The summed E-state index contributed by atoms with van der Waals surface area (Å²) in [5.41, 5.74) is 0.862. The van der Waals surface area contributed by atoms with Gasteiger partial charge in [-0.25, -0.2) is 0 Å². The van der Waals surface area contributed by atoms with Crippen molar-refractivity contribution in [2.24, 2.45) is 40.4 Å². The Kier molecular flexibility index (Phi) is 7.73. The third kappa shape index (κ3) is 4.36. The van der Waals surface area contributed by atoms with Crippen molar-refractivity contribution < 1.29 is 18.9 Å². The lowest BCUT2D eigenvalue weighted by molar-refractivity contribution is -0.192. The molecule has 0 amide bonds. The SMILES string of the molecule is CCCCOC[C@H]1CCC2[C@@H]3C[C@@H](OC)C4C[C@@H](OCOC)CC[C@]4(C)C3CC[C@@]21C. The van der Waals surface area contributed by atoms with Crippen LogP contribution in [0.1, 0.15) is 85.0 Å². The first kappa shape index (κ1) is 24.0. The number of methoxy groups -OCH3 is 2. The molecule has 0 aromatic carbocycles. The Labute approximate surface area is 191 Å². The fourth-order valence-electron chi connectivity index (χ4n) is 8.66. The quantitative estimate of drug-likeness (QED) is 0.324. The molecule has 4 nitrogen and oxygen atoms in total. The summed E-state index contributed by atoms with van der Waals surface area (Å²) < 4.78 is 23.6. The van der Waals surface area contributed by atoms with Gasteiger partial charge in [0.2, 0.25) is 0 Å². The Morgan fingerprint density at radius 1 is 0.871 bits per heavy atom. The Bertz CT molecular complexity index is 582. The van der Waals surface area contributed by atoms with E-state index in [0.717, 1.165) is 43.3 Å². The molecule has 4 rings (SSSR count). The summed E-state index contributed by atoms with van der Waals surface area (Å²) in [7, 11) is 3.67. The van der Waals surface area contributed by atoms with Crippen LogP contribution in [0, 0.1) is 40.4 Å². The average Bonchev–Trinajstić information content (AvgIpc) is 3.11. The Morgan fingerprint density at radius 2 is 1.65 bits per heavy atom. The minimum atomic E-state index is 0.331. The van der Waals surface area contributed by atoms with E-state index in [1.54, 1.807) is 7.11 Å². The lowest BCUT2D eigenvalue weighted by atomic mass is 9.44. The molecule has 4 aliphatic carbocycles. The molecular formula is C27H48O4. The minimum absolute atomic E-state index is 0.331. The predicted octanol–water partition coefficient (Wildman–Crippen LogP) is 6.08. The first-order chi connectivity index (χ1) is 15.0. The zero-order valence-corrected chi connectivity index (χ0v) is 20.9. The van der Waals surface area contributed by atoms with Crippen molar-refractivity contribution in [2.45, 2.75) is 97.2 Å². The Balaban J connectivity index is 1.48. The summed E-state index contributed by atoms with van der Waals surface area (Å²) >= 11 is 0. The number of hydrogen-bond donors (Lipinski definition) is 0. The molecule has 0 aliphatic heterocycles. The molecule has 0 radical (unpaired) electrons. The first-order valence-corrected chi connectivity index (χ1v) is 13.2. The molecule has 4 heteroatoms. The molecule has 180 valence electrons. The van der Waals surface area contributed by atoms with Crippen LogP contribution < -0.4 is 0 Å². The van der Waals surface area contributed by atoms with E-state index in [0.29, 0.717) is 35.7 Å². The van der Waals surface area contributed by atoms with E-state index in [9.17, 15) is 0 Å². The lowest BCUT2D eigenvalue weighted by Gasteiger charge is -2.62. The van der Waals surface area contributed by atoms with E-state index < -0.39 is 0 Å². The second-order valence-electron chi connectivity index (χ2n) is 11.7. The highest BCUT2D eigenvalue weighted by Crippen LogP contribution is 2.67. The van der Waals surface area contributed by atoms with Crippen molar-refractivity contribution in [2.75, 3.05) is 34.2 Å². The van der Waals surface area contributed by atoms with Crippen LogP contribution in [0.25, 0.3) is 0 Å². The molecule has 0 aromatic heterocycles. The number of fused-ring (bicyclic) bond motifs is 5. The van der Waals surface area contributed by atoms with Crippen molar-refractivity contribution in [3.8, 4) is 0 Å². The van der Waals surface area contributed by atoms with Gasteiger partial charge in [-0.3, -0.25) is 0 Å². The largest absolute Gasteiger partial charge is 0.381 e. The Hall–Kier alpha value is -0.160. The first-order valence-electron chi connectivity index (χ1n) is 13.2. The summed E-state index contributed by atoms with van der Waals surface area (Å²) in [6.45, 7) is 9.81. The summed E-state index contributed by atoms with van der Waals surface area (Å²) in [4.78, 5) is 0. The van der Waals surface area contributed by atoms with E-state index >= 15 is 0 Å². The van der Waals surface area contributed by atoms with E-state index in [1.807, 2.05) is 7.11 Å². The van der Waals surface area contributed by atoms with Crippen molar-refractivity contribution in [3.63, 3.8) is 0 Å². The second kappa shape index (κ2) is 9.99. The maximum absolute atomic E-state index is 6.22. The van der Waals surface area contributed by atoms with Crippen LogP contribution >= 0.6 is 0 Å². The van der Waals surface area contributed by atoms with Gasteiger partial charge in [0, 0.05) is 27.4 Å². The van der Waals surface area contributed by atoms with Gasteiger partial charge in [0.05, 0.1) is 12.2 Å². The monoisotopic (exact) mass is 436 g/mol. The van der Waals surface area contributed by atoms with Gasteiger partial charge in [0.1, 0.15) is 6.79 Å². The molecule has 9 atom stereocenters. The van der Waals surface area contributed by atoms with E-state index in [2.05, 4.69) is 20.8 Å². The third-order valence-electron chi connectivity index (χ3n) is 10.5. The van der Waals surface area contributed by atoms with Crippen LogP contribution in [0.5, 0.6) is 0 Å². The molecule has 0 spiro atoms. The van der Waals surface area contributed by atoms with Crippen LogP contribution in [0.4, 0.5) is 0 Å². The predicted molar refractivity (Wildman–Crippen MR) is 124 cm³/mol. The molecule has 0 N–H and O–H groups in total.